The van der Waals surface area contributed by atoms with E-state index < -0.39 is 0 Å². The summed E-state index contributed by atoms with van der Waals surface area (Å²) in [5.41, 5.74) is 0. The van der Waals surface area contributed by atoms with Crippen molar-refractivity contribution in [3.63, 3.8) is 0 Å². The Morgan fingerprint density at radius 2 is 0.838 bits per heavy atom. The van der Waals surface area contributed by atoms with Gasteiger partial charge in [0.05, 0.1) is 25.3 Å². The summed E-state index contributed by atoms with van der Waals surface area (Å²) in [7, 11) is 0. The number of aliphatic imine (C=N–C) groups is 2. The third kappa shape index (κ3) is 11.4. The SMILES string of the molecule is C1CCC(N=C(NCCOCCNC(=NC2CCCCC2)NC2CCCCC2)NC2CCCCC2)CC1. The van der Waals surface area contributed by atoms with Crippen LogP contribution in [-0.2, 0) is 4.74 Å². The van der Waals surface area contributed by atoms with Crippen molar-refractivity contribution in [2.75, 3.05) is 26.3 Å². The first-order valence-electron chi connectivity index (χ1n) is 16.1. The largest absolute Gasteiger partial charge is 0.378 e. The van der Waals surface area contributed by atoms with Gasteiger partial charge >= 0.3 is 0 Å². The van der Waals surface area contributed by atoms with E-state index in [0.717, 1.165) is 25.0 Å². The van der Waals surface area contributed by atoms with E-state index in [-0.39, 0.29) is 0 Å². The van der Waals surface area contributed by atoms with Crippen molar-refractivity contribution in [2.24, 2.45) is 9.98 Å². The Labute approximate surface area is 226 Å². The highest BCUT2D eigenvalue weighted by molar-refractivity contribution is 5.80. The molecule has 7 heteroatoms. The lowest BCUT2D eigenvalue weighted by Gasteiger charge is -2.27. The Morgan fingerprint density at radius 1 is 0.486 bits per heavy atom. The second kappa shape index (κ2) is 17.2. The molecule has 37 heavy (non-hydrogen) atoms. The molecule has 0 aromatic heterocycles. The fraction of sp³-hybridized carbons (Fsp3) is 0.933. The maximum absolute atomic E-state index is 6.00. The molecule has 0 unspecified atom stereocenters. The molecule has 0 saturated heterocycles. The molecule has 4 aliphatic carbocycles. The minimum absolute atomic E-state index is 0.482. The molecular formula is C30H56N6O. The van der Waals surface area contributed by atoms with E-state index in [9.17, 15) is 0 Å². The highest BCUT2D eigenvalue weighted by atomic mass is 16.5. The summed E-state index contributed by atoms with van der Waals surface area (Å²) in [6, 6.07) is 2.12. The Hall–Kier alpha value is -1.50. The first-order chi connectivity index (χ1) is 18.3. The van der Waals surface area contributed by atoms with E-state index in [1.807, 2.05) is 0 Å². The highest BCUT2D eigenvalue weighted by Crippen LogP contribution is 2.22. The summed E-state index contributed by atoms with van der Waals surface area (Å²) in [6.07, 6.45) is 26.2. The molecule has 0 bridgehead atoms. The third-order valence-corrected chi connectivity index (χ3v) is 8.74. The van der Waals surface area contributed by atoms with Crippen molar-refractivity contribution >= 4 is 11.9 Å². The summed E-state index contributed by atoms with van der Waals surface area (Å²) in [5, 5.41) is 14.6. The molecule has 0 aliphatic heterocycles. The number of hydrogen-bond acceptors (Lipinski definition) is 3. The van der Waals surface area contributed by atoms with Gasteiger partial charge in [-0.2, -0.15) is 0 Å². The lowest BCUT2D eigenvalue weighted by Crippen LogP contribution is -2.46. The van der Waals surface area contributed by atoms with Crippen LogP contribution in [0.3, 0.4) is 0 Å². The van der Waals surface area contributed by atoms with E-state index in [4.69, 9.17) is 14.7 Å². The van der Waals surface area contributed by atoms with Crippen molar-refractivity contribution in [3.8, 4) is 0 Å². The van der Waals surface area contributed by atoms with Gasteiger partial charge in [-0.15, -0.1) is 0 Å². The minimum atomic E-state index is 0.482. The molecule has 4 N–H and O–H groups in total. The normalized spacial score (nSPS) is 24.1. The molecule has 4 rings (SSSR count). The Bertz CT molecular complexity index is 603. The Morgan fingerprint density at radius 3 is 1.22 bits per heavy atom. The van der Waals surface area contributed by atoms with Crippen LogP contribution in [0.5, 0.6) is 0 Å². The van der Waals surface area contributed by atoms with Crippen molar-refractivity contribution in [1.29, 1.82) is 0 Å². The van der Waals surface area contributed by atoms with Crippen molar-refractivity contribution < 1.29 is 4.74 Å². The molecule has 4 aliphatic rings. The molecule has 7 nitrogen and oxygen atoms in total. The van der Waals surface area contributed by atoms with Crippen LogP contribution in [0.1, 0.15) is 128 Å². The third-order valence-electron chi connectivity index (χ3n) is 8.74. The van der Waals surface area contributed by atoms with Gasteiger partial charge in [0.15, 0.2) is 11.9 Å². The zero-order valence-corrected chi connectivity index (χ0v) is 23.6. The average Bonchev–Trinajstić information content (AvgIpc) is 2.94. The van der Waals surface area contributed by atoms with Crippen LogP contribution in [-0.4, -0.2) is 62.4 Å². The number of rotatable bonds is 10. The lowest BCUT2D eigenvalue weighted by atomic mass is 9.95. The van der Waals surface area contributed by atoms with Gasteiger partial charge in [0.1, 0.15) is 0 Å². The van der Waals surface area contributed by atoms with Gasteiger partial charge in [-0.25, -0.2) is 9.98 Å². The van der Waals surface area contributed by atoms with E-state index in [1.165, 1.54) is 128 Å². The van der Waals surface area contributed by atoms with Gasteiger partial charge in [0.25, 0.3) is 0 Å². The maximum atomic E-state index is 6.00. The van der Waals surface area contributed by atoms with Crippen LogP contribution >= 0.6 is 0 Å². The van der Waals surface area contributed by atoms with Crippen LogP contribution in [0.15, 0.2) is 9.98 Å². The van der Waals surface area contributed by atoms with E-state index in [2.05, 4.69) is 21.3 Å². The number of guanidine groups is 2. The fourth-order valence-electron chi connectivity index (χ4n) is 6.52. The van der Waals surface area contributed by atoms with Crippen LogP contribution in [0, 0.1) is 0 Å². The molecule has 0 heterocycles. The zero-order chi connectivity index (χ0) is 25.4. The summed E-state index contributed by atoms with van der Waals surface area (Å²) in [6.45, 7) is 3.00. The molecule has 0 aromatic rings. The molecule has 0 spiro atoms. The number of hydrogen-bond donors (Lipinski definition) is 4. The van der Waals surface area contributed by atoms with Crippen molar-refractivity contribution in [2.45, 2.75) is 153 Å². The molecular weight excluding hydrogens is 460 g/mol. The molecule has 212 valence electrons. The minimum Gasteiger partial charge on any atom is -0.378 e. The summed E-state index contributed by atoms with van der Waals surface area (Å²) in [5.74, 6) is 2.03. The fourth-order valence-corrected chi connectivity index (χ4v) is 6.52. The van der Waals surface area contributed by atoms with Crippen LogP contribution in [0.4, 0.5) is 0 Å². The van der Waals surface area contributed by atoms with Gasteiger partial charge in [-0.3, -0.25) is 0 Å². The summed E-state index contributed by atoms with van der Waals surface area (Å²) < 4.78 is 6.00. The molecule has 4 saturated carbocycles. The number of nitrogens with one attached hydrogen (secondary N) is 4. The van der Waals surface area contributed by atoms with Crippen molar-refractivity contribution in [1.82, 2.24) is 21.3 Å². The summed E-state index contributed by atoms with van der Waals surface area (Å²) in [4.78, 5) is 10.2. The number of nitrogens with zero attached hydrogens (tertiary/aromatic N) is 2. The van der Waals surface area contributed by atoms with E-state index >= 15 is 0 Å². The Kier molecular flexibility index (Phi) is 13.2. The van der Waals surface area contributed by atoms with Gasteiger partial charge in [0, 0.05) is 25.2 Å². The summed E-state index contributed by atoms with van der Waals surface area (Å²) >= 11 is 0. The van der Waals surface area contributed by atoms with Crippen molar-refractivity contribution in [3.05, 3.63) is 0 Å². The van der Waals surface area contributed by atoms with Crippen LogP contribution < -0.4 is 21.3 Å². The zero-order valence-electron chi connectivity index (χ0n) is 23.6. The standard InChI is InChI=1S/C30H56N6O/c1-5-13-25(14-6-1)33-29(34-26-15-7-2-8-16-26)31-21-23-37-24-22-32-30(35-27-17-9-3-10-18-27)36-28-19-11-4-12-20-28/h25-28H,1-24H2,(H2,31,33,34)(H2,32,35,36). The van der Waals surface area contributed by atoms with Gasteiger partial charge in [-0.1, -0.05) is 77.0 Å². The lowest BCUT2D eigenvalue weighted by molar-refractivity contribution is 0.143. The van der Waals surface area contributed by atoms with Crippen LogP contribution in [0.2, 0.25) is 0 Å². The monoisotopic (exact) mass is 516 g/mol. The number of ether oxygens (including phenoxy) is 1. The average molecular weight is 517 g/mol. The molecule has 0 aromatic carbocycles. The Balaban J connectivity index is 1.16. The van der Waals surface area contributed by atoms with E-state index in [0.29, 0.717) is 37.4 Å². The maximum Gasteiger partial charge on any atom is 0.191 e. The first-order valence-corrected chi connectivity index (χ1v) is 16.1. The second-order valence-electron chi connectivity index (χ2n) is 12.0. The molecule has 4 fully saturated rings. The van der Waals surface area contributed by atoms with Gasteiger partial charge < -0.3 is 26.0 Å². The smallest absolute Gasteiger partial charge is 0.191 e. The quantitative estimate of drug-likeness (QED) is 0.177. The van der Waals surface area contributed by atoms with Gasteiger partial charge in [-0.05, 0) is 51.4 Å². The van der Waals surface area contributed by atoms with Gasteiger partial charge in [0.2, 0.25) is 0 Å². The first kappa shape index (κ1) is 28.5. The molecule has 0 radical (unpaired) electrons. The van der Waals surface area contributed by atoms with Crippen LogP contribution in [0.25, 0.3) is 0 Å². The molecule has 0 amide bonds. The second-order valence-corrected chi connectivity index (χ2v) is 12.0. The highest BCUT2D eigenvalue weighted by Gasteiger charge is 2.19. The molecule has 0 atom stereocenters. The van der Waals surface area contributed by atoms with E-state index in [1.54, 1.807) is 0 Å². The predicted octanol–water partition coefficient (Wildman–Crippen LogP) is 5.40. The predicted molar refractivity (Wildman–Crippen MR) is 155 cm³/mol. The topological polar surface area (TPSA) is 82.1 Å².